The number of ketones is 1. The average Bonchev–Trinajstić information content (AvgIpc) is 3.50. The third kappa shape index (κ3) is 2.59. The highest BCUT2D eigenvalue weighted by Crippen LogP contribution is 2.60. The van der Waals surface area contributed by atoms with Crippen molar-refractivity contribution in [2.75, 3.05) is 28.3 Å². The first kappa shape index (κ1) is 24.7. The van der Waals surface area contributed by atoms with Crippen molar-refractivity contribution < 1.29 is 18.9 Å². The van der Waals surface area contributed by atoms with Crippen LogP contribution in [0, 0.1) is 0 Å². The summed E-state index contributed by atoms with van der Waals surface area (Å²) >= 11 is 0. The minimum atomic E-state index is -0.677. The fourth-order valence-corrected chi connectivity index (χ4v) is 8.19. The lowest BCUT2D eigenvalue weighted by molar-refractivity contribution is -0.977. The van der Waals surface area contributed by atoms with E-state index in [9.17, 15) is 4.79 Å². The van der Waals surface area contributed by atoms with Gasteiger partial charge in [0.2, 0.25) is 5.69 Å². The van der Waals surface area contributed by atoms with Crippen molar-refractivity contribution in [2.24, 2.45) is 4.99 Å². The highest BCUT2D eigenvalue weighted by Gasteiger charge is 2.69. The maximum Gasteiger partial charge on any atom is 0.279 e. The molecule has 2 aliphatic carbocycles. The van der Waals surface area contributed by atoms with Crippen LogP contribution in [-0.2, 0) is 16.0 Å². The number of nitrogens with zero attached hydrogens (tertiary/aromatic N) is 4. The number of hydrogen-bond acceptors (Lipinski definition) is 4. The molecule has 4 bridgehead atoms. The molecule has 4 atom stereocenters. The highest BCUT2D eigenvalue weighted by atomic mass is 127. The molecule has 8 heteroatoms. The summed E-state index contributed by atoms with van der Waals surface area (Å²) in [4.78, 5) is 18.2. The van der Waals surface area contributed by atoms with Crippen molar-refractivity contribution in [3.05, 3.63) is 57.3 Å². The lowest BCUT2D eigenvalue weighted by Gasteiger charge is -2.51. The number of ether oxygens (including phenoxy) is 2. The zero-order valence-corrected chi connectivity index (χ0v) is 24.8. The Morgan fingerprint density at radius 3 is 2.84 bits per heavy atom. The van der Waals surface area contributed by atoms with E-state index >= 15 is 0 Å². The van der Waals surface area contributed by atoms with Crippen LogP contribution in [0.1, 0.15) is 47.7 Å². The first-order chi connectivity index (χ1) is 17.7. The summed E-state index contributed by atoms with van der Waals surface area (Å²) in [6, 6.07) is 0. The molecule has 0 radical (unpaired) electrons. The fourth-order valence-electron chi connectivity index (χ4n) is 8.19. The summed E-state index contributed by atoms with van der Waals surface area (Å²) in [6.45, 7) is 2.84. The van der Waals surface area contributed by atoms with Crippen molar-refractivity contribution in [3.8, 4) is 0 Å². The Hall–Kier alpha value is -2.37. The van der Waals surface area contributed by atoms with E-state index in [0.29, 0.717) is 22.1 Å². The number of Topliss-reactive ketones (excluding diaryl/α,β-unsaturated/α-hetero) is 1. The Labute approximate surface area is 238 Å². The topological polar surface area (TPSA) is 52.8 Å². The number of hydrogen-bond donors (Lipinski definition) is 0. The standard InChI is InChI=1S/C30H32N4O3.HI/c1-30-12-7-13-32-21-8-6-9-23(35)26(21)25-20-16-31-15-19(20)24-18-11-10-17(37-30)14-22(18)34(29(30)36-5,33(2,3)4)28(24)27(25)32;/h7-8,10-12,15-17,29H,6,9,13-14H2,1-5H3;1H/q+2;/b12-7-;/t17-,29-,30+,34-;/m0./s1. The zero-order valence-electron chi connectivity index (χ0n) is 22.4. The molecule has 0 unspecified atom stereocenters. The van der Waals surface area contributed by atoms with Crippen LogP contribution in [0.5, 0.6) is 0 Å². The number of halogens is 1. The molecule has 4 aliphatic heterocycles. The number of allylic oxidation sites excluding steroid dienone is 3. The molecule has 1 saturated heterocycles. The summed E-state index contributed by atoms with van der Waals surface area (Å²) in [5, 5.41) is 3.16. The van der Waals surface area contributed by atoms with E-state index in [-0.39, 0.29) is 42.1 Å². The number of benzene rings is 1. The van der Waals surface area contributed by atoms with Crippen LogP contribution in [0.15, 0.2) is 35.0 Å². The van der Waals surface area contributed by atoms with Gasteiger partial charge in [-0.15, -0.1) is 24.0 Å². The monoisotopic (exact) mass is 624 g/mol. The fraction of sp³-hybridized carbons (Fsp3) is 0.400. The molecule has 196 valence electrons. The van der Waals surface area contributed by atoms with Gasteiger partial charge in [0.15, 0.2) is 17.1 Å². The molecule has 0 saturated carbocycles. The van der Waals surface area contributed by atoms with Crippen molar-refractivity contribution in [1.82, 2.24) is 9.16 Å². The van der Waals surface area contributed by atoms with Crippen LogP contribution in [0.25, 0.3) is 28.8 Å². The van der Waals surface area contributed by atoms with Gasteiger partial charge in [-0.25, -0.2) is 0 Å². The van der Waals surface area contributed by atoms with Crippen LogP contribution in [0.3, 0.4) is 0 Å². The second-order valence-corrected chi connectivity index (χ2v) is 12.1. The average molecular weight is 625 g/mol. The minimum absolute atomic E-state index is 0. The Bertz CT molecular complexity index is 1740. The second-order valence-electron chi connectivity index (χ2n) is 12.1. The molecular formula is C30H33IN4O3+2. The van der Waals surface area contributed by atoms with E-state index in [1.165, 1.54) is 22.5 Å². The van der Waals surface area contributed by atoms with Gasteiger partial charge >= 0.3 is 0 Å². The van der Waals surface area contributed by atoms with Gasteiger partial charge in [-0.2, -0.15) is 4.59 Å². The normalized spacial score (nSPS) is 32.3. The Morgan fingerprint density at radius 2 is 2.08 bits per heavy atom. The number of carbonyl (C=O) groups is 1. The first-order valence-electron chi connectivity index (χ1n) is 13.2. The van der Waals surface area contributed by atoms with E-state index in [1.807, 2.05) is 19.5 Å². The predicted molar refractivity (Wildman–Crippen MR) is 160 cm³/mol. The first-order valence-corrected chi connectivity index (χ1v) is 13.2. The van der Waals surface area contributed by atoms with Crippen molar-refractivity contribution in [2.45, 2.75) is 50.7 Å². The van der Waals surface area contributed by atoms with Crippen molar-refractivity contribution in [1.29, 1.82) is 0 Å². The largest absolute Gasteiger partial charge is 0.354 e. The summed E-state index contributed by atoms with van der Waals surface area (Å²) < 4.78 is 16.9. The predicted octanol–water partition coefficient (Wildman–Crippen LogP) is 3.50. The number of quaternary nitrogens is 2. The van der Waals surface area contributed by atoms with Crippen molar-refractivity contribution >= 4 is 70.4 Å². The van der Waals surface area contributed by atoms with Crippen LogP contribution in [0.2, 0.25) is 0 Å². The molecule has 7 nitrogen and oxygen atoms in total. The smallest absolute Gasteiger partial charge is 0.279 e. The van der Waals surface area contributed by atoms with Crippen LogP contribution < -0.4 is 15.2 Å². The number of rotatable bonds is 2. The Balaban J connectivity index is 0.00000242. The molecule has 0 spiro atoms. The second kappa shape index (κ2) is 7.63. The van der Waals surface area contributed by atoms with Gasteiger partial charge in [-0.05, 0) is 25.5 Å². The molecule has 1 aromatic heterocycles. The van der Waals surface area contributed by atoms with Gasteiger partial charge in [-0.1, -0.05) is 22.8 Å². The van der Waals surface area contributed by atoms with Gasteiger partial charge in [-0.3, -0.25) is 9.79 Å². The SMILES string of the molecule is CO[C@H]1[C@@]2(C)/C=C\Cn3c4c(c5c6c(c7c(c53)[N@@+]1([N+](C)(C)C)C1=C7C=C[C@@H](C1)O2)C=NC=6)C(=O)CCC=4.I. The minimum Gasteiger partial charge on any atom is -0.354 e. The number of aromatic nitrogens is 1. The van der Waals surface area contributed by atoms with Gasteiger partial charge in [0.1, 0.15) is 26.7 Å². The van der Waals surface area contributed by atoms with Gasteiger partial charge in [0.25, 0.3) is 6.23 Å². The molecule has 8 rings (SSSR count). The lowest BCUT2D eigenvalue weighted by Crippen LogP contribution is -2.76. The zero-order chi connectivity index (χ0) is 25.5. The summed E-state index contributed by atoms with van der Waals surface area (Å²) in [5.41, 5.74) is 7.44. The summed E-state index contributed by atoms with van der Waals surface area (Å²) in [5.74, 6) is 0.226. The van der Waals surface area contributed by atoms with E-state index in [2.05, 4.69) is 68.0 Å². The molecule has 0 amide bonds. The number of fused-ring (bicyclic) bond motifs is 9. The number of methoxy groups -OCH3 is 1. The molecule has 1 fully saturated rings. The van der Waals surface area contributed by atoms with Crippen LogP contribution >= 0.6 is 24.0 Å². The molecule has 6 aliphatic rings. The molecule has 2 aromatic rings. The van der Waals surface area contributed by atoms with Gasteiger partial charge in [0.05, 0.1) is 29.2 Å². The van der Waals surface area contributed by atoms with Gasteiger partial charge in [0, 0.05) is 54.0 Å². The Morgan fingerprint density at radius 1 is 1.26 bits per heavy atom. The lowest BCUT2D eigenvalue weighted by atomic mass is 9.90. The van der Waals surface area contributed by atoms with E-state index in [1.54, 1.807) is 0 Å². The third-order valence-electron chi connectivity index (χ3n) is 9.34. The van der Waals surface area contributed by atoms with E-state index in [0.717, 1.165) is 45.4 Å². The third-order valence-corrected chi connectivity index (χ3v) is 9.34. The Kier molecular flexibility index (Phi) is 4.95. The van der Waals surface area contributed by atoms with Crippen molar-refractivity contribution in [3.63, 3.8) is 0 Å². The molecule has 0 N–H and O–H groups in total. The summed E-state index contributed by atoms with van der Waals surface area (Å²) in [6.07, 6.45) is 16.8. The summed E-state index contributed by atoms with van der Waals surface area (Å²) in [7, 11) is 8.60. The van der Waals surface area contributed by atoms with E-state index in [4.69, 9.17) is 9.47 Å². The molecular weight excluding hydrogens is 591 g/mol. The highest BCUT2D eigenvalue weighted by molar-refractivity contribution is 14.0. The molecule has 5 heterocycles. The maximum absolute atomic E-state index is 13.6. The number of aliphatic imine (C=N–C) groups is 1. The maximum atomic E-state index is 13.6. The number of carbonyl (C=O) groups excluding carboxylic acids is 1. The van der Waals surface area contributed by atoms with E-state index < -0.39 is 5.60 Å². The molecule has 38 heavy (non-hydrogen) atoms. The van der Waals surface area contributed by atoms with Gasteiger partial charge < -0.3 is 14.0 Å². The molecule has 1 aromatic carbocycles. The van der Waals surface area contributed by atoms with Crippen LogP contribution in [0.4, 0.5) is 5.69 Å². The quantitative estimate of drug-likeness (QED) is 0.292. The van der Waals surface area contributed by atoms with Crippen LogP contribution in [-0.4, -0.2) is 67.3 Å².